The first-order chi connectivity index (χ1) is 13.9. The maximum absolute atomic E-state index is 14.0. The van der Waals surface area contributed by atoms with Crippen molar-refractivity contribution >= 4 is 17.0 Å². The number of fused-ring (bicyclic) bond motifs is 1. The summed E-state index contributed by atoms with van der Waals surface area (Å²) < 4.78 is 39.6. The van der Waals surface area contributed by atoms with Crippen molar-refractivity contribution in [1.29, 1.82) is 0 Å². The van der Waals surface area contributed by atoms with Crippen LogP contribution in [0.4, 0.5) is 8.78 Å². The van der Waals surface area contributed by atoms with Crippen LogP contribution in [-0.2, 0) is 11.3 Å². The van der Waals surface area contributed by atoms with Crippen molar-refractivity contribution in [2.75, 3.05) is 14.2 Å². The molecule has 1 N–H and O–H groups in total. The molecule has 0 radical (unpaired) electrons. The van der Waals surface area contributed by atoms with E-state index in [0.29, 0.717) is 22.8 Å². The number of pyridine rings is 1. The van der Waals surface area contributed by atoms with Gasteiger partial charge in [0.2, 0.25) is 0 Å². The number of hydrogen-bond acceptors (Lipinski definition) is 5. The van der Waals surface area contributed by atoms with Gasteiger partial charge in [-0.3, -0.25) is 4.79 Å². The molecule has 29 heavy (non-hydrogen) atoms. The molecule has 1 aliphatic rings. The molecule has 2 heterocycles. The van der Waals surface area contributed by atoms with Crippen LogP contribution in [-0.4, -0.2) is 40.1 Å². The van der Waals surface area contributed by atoms with Crippen LogP contribution in [0.5, 0.6) is 11.5 Å². The molecule has 0 unspecified atom stereocenters. The maximum atomic E-state index is 14.0. The van der Waals surface area contributed by atoms with Gasteiger partial charge >= 0.3 is 5.97 Å². The van der Waals surface area contributed by atoms with E-state index in [1.807, 2.05) is 0 Å². The van der Waals surface area contributed by atoms with Crippen molar-refractivity contribution < 1.29 is 28.2 Å². The quantitative estimate of drug-likeness (QED) is 0.641. The molecular weight excluding hydrogens is 384 g/mol. The number of ether oxygens (including phenoxy) is 2. The normalized spacial score (nSPS) is 13.8. The summed E-state index contributed by atoms with van der Waals surface area (Å²) in [6.07, 6.45) is -1.06. The van der Waals surface area contributed by atoms with Crippen LogP contribution in [0.25, 0.3) is 22.3 Å². The van der Waals surface area contributed by atoms with E-state index in [-0.39, 0.29) is 28.2 Å². The molecule has 152 valence electrons. The van der Waals surface area contributed by atoms with Gasteiger partial charge in [0.05, 0.1) is 31.0 Å². The Hall–Kier alpha value is -3.23. The summed E-state index contributed by atoms with van der Waals surface area (Å²) in [5.41, 5.74) is 1.28. The Morgan fingerprint density at radius 1 is 1.24 bits per heavy atom. The topological polar surface area (TPSA) is 86.5 Å². The summed E-state index contributed by atoms with van der Waals surface area (Å²) in [4.78, 5) is 15.8. The third kappa shape index (κ3) is 3.48. The first-order valence-electron chi connectivity index (χ1n) is 9.06. The highest BCUT2D eigenvalue weighted by atomic mass is 19.3. The Kier molecular flexibility index (Phi) is 4.81. The average Bonchev–Trinajstić information content (AvgIpc) is 3.49. The summed E-state index contributed by atoms with van der Waals surface area (Å²) in [7, 11) is 2.98. The van der Waals surface area contributed by atoms with Gasteiger partial charge in [0.25, 0.3) is 6.43 Å². The largest absolute Gasteiger partial charge is 0.493 e. The van der Waals surface area contributed by atoms with Crippen LogP contribution in [0.15, 0.2) is 24.3 Å². The molecular formula is C20H19F2N3O4. The number of aromatic nitrogens is 3. The lowest BCUT2D eigenvalue weighted by molar-refractivity contribution is -0.137. The molecule has 2 aromatic heterocycles. The van der Waals surface area contributed by atoms with Gasteiger partial charge in [0, 0.05) is 17.0 Å². The number of carboxylic acids is 1. The molecule has 4 rings (SSSR count). The van der Waals surface area contributed by atoms with Crippen LogP contribution in [0.3, 0.4) is 0 Å². The monoisotopic (exact) mass is 403 g/mol. The van der Waals surface area contributed by atoms with E-state index in [0.717, 1.165) is 12.8 Å². The number of aliphatic carboxylic acids is 1. The lowest BCUT2D eigenvalue weighted by atomic mass is 10.0. The van der Waals surface area contributed by atoms with E-state index < -0.39 is 18.9 Å². The molecule has 1 aliphatic carbocycles. The first kappa shape index (κ1) is 19.1. The van der Waals surface area contributed by atoms with Gasteiger partial charge < -0.3 is 14.6 Å². The van der Waals surface area contributed by atoms with Crippen molar-refractivity contribution in [3.63, 3.8) is 0 Å². The van der Waals surface area contributed by atoms with E-state index in [9.17, 15) is 18.7 Å². The molecule has 0 saturated heterocycles. The van der Waals surface area contributed by atoms with Crippen molar-refractivity contribution in [2.24, 2.45) is 0 Å². The molecule has 1 fully saturated rings. The van der Waals surface area contributed by atoms with Gasteiger partial charge in [-0.2, -0.15) is 5.10 Å². The molecule has 9 heteroatoms. The number of carboxylic acid groups (broad SMARTS) is 1. The molecule has 1 aromatic carbocycles. The predicted octanol–water partition coefficient (Wildman–Crippen LogP) is 4.02. The number of carbonyl (C=O) groups is 1. The van der Waals surface area contributed by atoms with E-state index in [1.54, 1.807) is 18.2 Å². The van der Waals surface area contributed by atoms with E-state index in [4.69, 9.17) is 9.47 Å². The summed E-state index contributed by atoms with van der Waals surface area (Å²) in [5, 5.41) is 13.8. The van der Waals surface area contributed by atoms with Gasteiger partial charge in [-0.15, -0.1) is 0 Å². The van der Waals surface area contributed by atoms with Crippen molar-refractivity contribution in [1.82, 2.24) is 14.8 Å². The number of benzene rings is 1. The second-order valence-corrected chi connectivity index (χ2v) is 6.88. The van der Waals surface area contributed by atoms with Crippen molar-refractivity contribution in [3.8, 4) is 22.8 Å². The Morgan fingerprint density at radius 3 is 2.55 bits per heavy atom. The predicted molar refractivity (Wildman–Crippen MR) is 101 cm³/mol. The van der Waals surface area contributed by atoms with E-state index >= 15 is 0 Å². The van der Waals surface area contributed by atoms with Crippen molar-refractivity contribution in [2.45, 2.75) is 31.7 Å². The number of halogens is 2. The fraction of sp³-hybridized carbons (Fsp3) is 0.350. The van der Waals surface area contributed by atoms with Crippen molar-refractivity contribution in [3.05, 3.63) is 35.5 Å². The molecule has 0 amide bonds. The molecule has 0 spiro atoms. The molecule has 7 nitrogen and oxygen atoms in total. The Labute approximate surface area is 164 Å². The highest BCUT2D eigenvalue weighted by Gasteiger charge is 2.33. The van der Waals surface area contributed by atoms with Gasteiger partial charge in [0.15, 0.2) is 17.1 Å². The fourth-order valence-corrected chi connectivity index (χ4v) is 3.42. The highest BCUT2D eigenvalue weighted by Crippen LogP contribution is 2.45. The Bertz CT molecular complexity index is 1090. The van der Waals surface area contributed by atoms with Crippen LogP contribution in [0.2, 0.25) is 0 Å². The zero-order valence-electron chi connectivity index (χ0n) is 15.9. The molecule has 0 aliphatic heterocycles. The standard InChI is InChI=1S/C20H19F2N3O4/c1-28-14-6-5-11(7-15(14)29-2)13-8-12(19(21)22)17-18(10-3-4-10)24-25(9-16(26)27)20(17)23-13/h5-8,10,19H,3-4,9H2,1-2H3,(H,26,27). The maximum Gasteiger partial charge on any atom is 0.325 e. The summed E-state index contributed by atoms with van der Waals surface area (Å²) in [5.74, 6) is -0.117. The molecule has 0 atom stereocenters. The van der Waals surface area contributed by atoms with Crippen LogP contribution >= 0.6 is 0 Å². The van der Waals surface area contributed by atoms with Crippen LogP contribution in [0, 0.1) is 0 Å². The summed E-state index contributed by atoms with van der Waals surface area (Å²) >= 11 is 0. The first-order valence-corrected chi connectivity index (χ1v) is 9.06. The number of rotatable bonds is 7. The fourth-order valence-electron chi connectivity index (χ4n) is 3.42. The third-order valence-corrected chi connectivity index (χ3v) is 4.92. The van der Waals surface area contributed by atoms with Gasteiger partial charge in [-0.25, -0.2) is 18.4 Å². The SMILES string of the molecule is COc1ccc(-c2cc(C(F)F)c3c(C4CC4)nn(CC(=O)O)c3n2)cc1OC. The second-order valence-electron chi connectivity index (χ2n) is 6.88. The van der Waals surface area contributed by atoms with Gasteiger partial charge in [-0.05, 0) is 37.1 Å². The van der Waals surface area contributed by atoms with Crippen LogP contribution < -0.4 is 9.47 Å². The second kappa shape index (κ2) is 7.31. The number of nitrogens with zero attached hydrogens (tertiary/aromatic N) is 3. The summed E-state index contributed by atoms with van der Waals surface area (Å²) in [6, 6.07) is 6.33. The number of hydrogen-bond donors (Lipinski definition) is 1. The van der Waals surface area contributed by atoms with E-state index in [1.165, 1.54) is 25.0 Å². The van der Waals surface area contributed by atoms with Gasteiger partial charge in [0.1, 0.15) is 6.54 Å². The number of methoxy groups -OCH3 is 2. The smallest absolute Gasteiger partial charge is 0.325 e. The lowest BCUT2D eigenvalue weighted by Gasteiger charge is -2.11. The molecule has 1 saturated carbocycles. The molecule has 3 aromatic rings. The van der Waals surface area contributed by atoms with E-state index in [2.05, 4.69) is 10.1 Å². The zero-order chi connectivity index (χ0) is 20.7. The number of alkyl halides is 2. The van der Waals surface area contributed by atoms with Crippen LogP contribution in [0.1, 0.15) is 36.4 Å². The minimum atomic E-state index is -2.75. The zero-order valence-corrected chi connectivity index (χ0v) is 15.9. The average molecular weight is 403 g/mol. The Morgan fingerprint density at radius 2 is 1.97 bits per heavy atom. The highest BCUT2D eigenvalue weighted by molar-refractivity contribution is 5.87. The third-order valence-electron chi connectivity index (χ3n) is 4.92. The Balaban J connectivity index is 1.95. The minimum absolute atomic E-state index is 0.0683. The lowest BCUT2D eigenvalue weighted by Crippen LogP contribution is -2.11. The van der Waals surface area contributed by atoms with Gasteiger partial charge in [-0.1, -0.05) is 0 Å². The minimum Gasteiger partial charge on any atom is -0.493 e. The molecule has 0 bridgehead atoms. The summed E-state index contributed by atoms with van der Waals surface area (Å²) in [6.45, 7) is -0.450.